The molecule has 0 bridgehead atoms. The van der Waals surface area contributed by atoms with Gasteiger partial charge in [0.15, 0.2) is 0 Å². The van der Waals surface area contributed by atoms with Gasteiger partial charge >= 0.3 is 0 Å². The summed E-state index contributed by atoms with van der Waals surface area (Å²) < 4.78 is 24.8. The Morgan fingerprint density at radius 2 is 1.71 bits per heavy atom. The highest BCUT2D eigenvalue weighted by Crippen LogP contribution is 2.28. The van der Waals surface area contributed by atoms with Crippen molar-refractivity contribution in [1.29, 1.82) is 0 Å². The molecule has 0 saturated heterocycles. The molecular formula is C24H29FNO2+. The average Bonchev–Trinajstić information content (AvgIpc) is 3.17. The van der Waals surface area contributed by atoms with E-state index in [1.807, 2.05) is 57.2 Å². The number of nitrogens with two attached hydrogens (primary N) is 1. The molecule has 0 saturated carbocycles. The van der Waals surface area contributed by atoms with Crippen molar-refractivity contribution in [1.82, 2.24) is 0 Å². The lowest BCUT2D eigenvalue weighted by Crippen LogP contribution is -2.82. The molecule has 148 valence electrons. The Balaban J connectivity index is 1.54. The lowest BCUT2D eigenvalue weighted by atomic mass is 9.93. The third-order valence-electron chi connectivity index (χ3n) is 4.55. The second-order valence-corrected chi connectivity index (χ2v) is 8.05. The van der Waals surface area contributed by atoms with E-state index in [1.165, 1.54) is 17.7 Å². The van der Waals surface area contributed by atoms with Gasteiger partial charge in [-0.1, -0.05) is 12.1 Å². The number of furan rings is 1. The summed E-state index contributed by atoms with van der Waals surface area (Å²) in [6.45, 7) is 7.99. The zero-order valence-corrected chi connectivity index (χ0v) is 16.8. The van der Waals surface area contributed by atoms with Gasteiger partial charge in [-0.2, -0.15) is 0 Å². The summed E-state index contributed by atoms with van der Waals surface area (Å²) in [5.41, 5.74) is 2.15. The Morgan fingerprint density at radius 3 is 2.32 bits per heavy atom. The van der Waals surface area contributed by atoms with Crippen LogP contribution in [0.5, 0.6) is 5.75 Å². The Kier molecular flexibility index (Phi) is 6.53. The molecule has 0 aliphatic heterocycles. The van der Waals surface area contributed by atoms with E-state index in [0.29, 0.717) is 0 Å². The highest BCUT2D eigenvalue weighted by atomic mass is 19.1. The summed E-state index contributed by atoms with van der Waals surface area (Å²) in [5.74, 6) is 1.73. The fraction of sp³-hybridized carbons (Fsp3) is 0.333. The normalized spacial score (nSPS) is 12.7. The number of quaternary nitrogens is 1. The Bertz CT molecular complexity index is 834. The maximum Gasteiger partial charge on any atom is 0.123 e. The second kappa shape index (κ2) is 9.07. The van der Waals surface area contributed by atoms with E-state index in [0.717, 1.165) is 36.6 Å². The second-order valence-electron chi connectivity index (χ2n) is 8.05. The van der Waals surface area contributed by atoms with Crippen molar-refractivity contribution in [2.45, 2.75) is 45.3 Å². The molecular weight excluding hydrogens is 353 g/mol. The highest BCUT2D eigenvalue weighted by Gasteiger charge is 2.18. The molecule has 1 aromatic heterocycles. The van der Waals surface area contributed by atoms with E-state index in [1.54, 1.807) is 6.26 Å². The summed E-state index contributed by atoms with van der Waals surface area (Å²) in [4.78, 5) is 0. The van der Waals surface area contributed by atoms with Crippen LogP contribution in [-0.2, 0) is 6.54 Å². The van der Waals surface area contributed by atoms with Gasteiger partial charge in [0.2, 0.25) is 0 Å². The van der Waals surface area contributed by atoms with Gasteiger partial charge in [0, 0.05) is 17.9 Å². The molecule has 1 heterocycles. The van der Waals surface area contributed by atoms with Crippen molar-refractivity contribution < 1.29 is 18.9 Å². The van der Waals surface area contributed by atoms with Crippen LogP contribution in [0.1, 0.15) is 50.0 Å². The molecule has 4 heteroatoms. The van der Waals surface area contributed by atoms with Crippen molar-refractivity contribution in [3.63, 3.8) is 0 Å². The minimum Gasteiger partial charge on any atom is -0.488 e. The van der Waals surface area contributed by atoms with Gasteiger partial charge in [0.25, 0.3) is 0 Å². The molecule has 3 nitrogen and oxygen atoms in total. The zero-order valence-electron chi connectivity index (χ0n) is 16.8. The minimum absolute atomic E-state index is 0.134. The van der Waals surface area contributed by atoms with Gasteiger partial charge in [-0.25, -0.2) is 4.39 Å². The predicted molar refractivity (Wildman–Crippen MR) is 109 cm³/mol. The van der Waals surface area contributed by atoms with Gasteiger partial charge in [-0.05, 0) is 74.9 Å². The van der Waals surface area contributed by atoms with Gasteiger partial charge in [-0.15, -0.1) is 0 Å². The predicted octanol–water partition coefficient (Wildman–Crippen LogP) is 4.88. The molecule has 0 spiro atoms. The van der Waals surface area contributed by atoms with E-state index >= 15 is 0 Å². The van der Waals surface area contributed by atoms with Crippen LogP contribution < -0.4 is 10.1 Å². The molecule has 3 aromatic rings. The van der Waals surface area contributed by atoms with Crippen LogP contribution in [0.2, 0.25) is 0 Å². The first kappa shape index (κ1) is 20.2. The molecule has 28 heavy (non-hydrogen) atoms. The van der Waals surface area contributed by atoms with Crippen LogP contribution in [0.15, 0.2) is 71.3 Å². The quantitative estimate of drug-likeness (QED) is 0.564. The van der Waals surface area contributed by atoms with E-state index in [9.17, 15) is 4.39 Å². The lowest BCUT2D eigenvalue weighted by molar-refractivity contribution is -0.671. The molecule has 3 rings (SSSR count). The van der Waals surface area contributed by atoms with Crippen molar-refractivity contribution in [3.05, 3.63) is 89.6 Å². The first-order chi connectivity index (χ1) is 13.4. The maximum atomic E-state index is 13.3. The largest absolute Gasteiger partial charge is 0.488 e. The summed E-state index contributed by atoms with van der Waals surface area (Å²) in [5, 5.41) is 2.29. The number of ether oxygens (including phenoxy) is 1. The third kappa shape index (κ3) is 5.96. The first-order valence-corrected chi connectivity index (χ1v) is 9.79. The molecule has 0 aliphatic rings. The first-order valence-electron chi connectivity index (χ1n) is 9.79. The third-order valence-corrected chi connectivity index (χ3v) is 4.55. The van der Waals surface area contributed by atoms with Crippen molar-refractivity contribution in [3.8, 4) is 5.75 Å². The van der Waals surface area contributed by atoms with Crippen LogP contribution >= 0.6 is 0 Å². The molecule has 2 N–H and O–H groups in total. The molecule has 2 aromatic carbocycles. The van der Waals surface area contributed by atoms with Crippen LogP contribution in [0, 0.1) is 5.82 Å². The van der Waals surface area contributed by atoms with Gasteiger partial charge in [-0.3, -0.25) is 0 Å². The van der Waals surface area contributed by atoms with Gasteiger partial charge in [0.05, 0.1) is 12.8 Å². The Labute approximate surface area is 166 Å². The van der Waals surface area contributed by atoms with Crippen LogP contribution in [0.3, 0.4) is 0 Å². The maximum absolute atomic E-state index is 13.3. The van der Waals surface area contributed by atoms with Crippen molar-refractivity contribution >= 4 is 0 Å². The number of rotatable bonds is 8. The van der Waals surface area contributed by atoms with Crippen LogP contribution in [-0.4, -0.2) is 12.1 Å². The van der Waals surface area contributed by atoms with E-state index in [2.05, 4.69) is 17.4 Å². The van der Waals surface area contributed by atoms with Crippen molar-refractivity contribution in [2.24, 2.45) is 0 Å². The Hall–Kier alpha value is -2.59. The molecule has 0 radical (unpaired) electrons. The molecule has 0 amide bonds. The summed E-state index contributed by atoms with van der Waals surface area (Å²) in [7, 11) is 0. The smallest absolute Gasteiger partial charge is 0.123 e. The topological polar surface area (TPSA) is 39.0 Å². The van der Waals surface area contributed by atoms with Gasteiger partial charge < -0.3 is 14.5 Å². The monoisotopic (exact) mass is 382 g/mol. The zero-order chi connectivity index (χ0) is 20.0. The van der Waals surface area contributed by atoms with Crippen LogP contribution in [0.25, 0.3) is 0 Å². The Morgan fingerprint density at radius 1 is 1.00 bits per heavy atom. The lowest BCUT2D eigenvalue weighted by Gasteiger charge is -2.21. The highest BCUT2D eigenvalue weighted by molar-refractivity contribution is 5.28. The fourth-order valence-electron chi connectivity index (χ4n) is 3.26. The SMILES string of the molecule is CC(C)(C)Oc1ccc(C[NH2+]CC[C@@H](c2ccc(F)cc2)c2ccco2)cc1. The standard InChI is InChI=1S/C24H28FNO2/c1-24(2,3)28-21-12-6-18(7-13-21)17-26-15-14-22(23-5-4-16-27-23)19-8-10-20(25)11-9-19/h4-13,16,22,26H,14-15,17H2,1-3H3/p+1/t22-/m0/s1. The number of hydrogen-bond acceptors (Lipinski definition) is 2. The molecule has 0 fully saturated rings. The molecule has 0 aliphatic carbocycles. The summed E-state index contributed by atoms with van der Waals surface area (Å²) >= 11 is 0. The van der Waals surface area contributed by atoms with E-state index in [-0.39, 0.29) is 17.3 Å². The average molecular weight is 382 g/mol. The number of hydrogen-bond donors (Lipinski definition) is 1. The summed E-state index contributed by atoms with van der Waals surface area (Å²) in [6.07, 6.45) is 2.61. The number of benzene rings is 2. The van der Waals surface area contributed by atoms with Gasteiger partial charge in [0.1, 0.15) is 29.5 Å². The molecule has 0 unspecified atom stereocenters. The van der Waals surface area contributed by atoms with E-state index < -0.39 is 0 Å². The minimum atomic E-state index is -0.215. The molecule has 1 atom stereocenters. The fourth-order valence-corrected chi connectivity index (χ4v) is 3.26. The van der Waals surface area contributed by atoms with Crippen molar-refractivity contribution in [2.75, 3.05) is 6.54 Å². The number of halogens is 1. The summed E-state index contributed by atoms with van der Waals surface area (Å²) in [6, 6.07) is 18.9. The van der Waals surface area contributed by atoms with E-state index in [4.69, 9.17) is 9.15 Å². The van der Waals surface area contributed by atoms with Crippen LogP contribution in [0.4, 0.5) is 4.39 Å².